The van der Waals surface area contributed by atoms with Crippen molar-refractivity contribution in [2.75, 3.05) is 59.0 Å². The van der Waals surface area contributed by atoms with Crippen LogP contribution < -0.4 is 24.4 Å². The Balaban J connectivity index is 1.72. The molecule has 2 aromatic rings. The van der Waals surface area contributed by atoms with Crippen molar-refractivity contribution >= 4 is 11.6 Å². The number of benzene rings is 2. The maximum absolute atomic E-state index is 14.1. The molecule has 0 radical (unpaired) electrons. The van der Waals surface area contributed by atoms with Crippen LogP contribution in [0.2, 0.25) is 0 Å². The highest BCUT2D eigenvalue weighted by Gasteiger charge is 2.21. The smallest absolute Gasteiger partial charge is 0.203 e. The zero-order valence-corrected chi connectivity index (χ0v) is 18.7. The first-order valence-electron chi connectivity index (χ1n) is 10.4. The van der Waals surface area contributed by atoms with Crippen molar-refractivity contribution in [2.45, 2.75) is 13.5 Å². The molecule has 0 amide bonds. The maximum Gasteiger partial charge on any atom is 0.203 e. The van der Waals surface area contributed by atoms with Gasteiger partial charge in [0.05, 0.1) is 33.6 Å². The fourth-order valence-corrected chi connectivity index (χ4v) is 3.69. The normalized spacial score (nSPS) is 14.4. The Labute approximate surface area is 183 Å². The summed E-state index contributed by atoms with van der Waals surface area (Å²) in [4.78, 5) is 9.10. The summed E-state index contributed by atoms with van der Waals surface area (Å²) in [6.07, 6.45) is 0. The molecule has 1 N–H and O–H groups in total. The third kappa shape index (κ3) is 5.31. The van der Waals surface area contributed by atoms with Gasteiger partial charge in [-0.3, -0.25) is 0 Å². The lowest BCUT2D eigenvalue weighted by Gasteiger charge is -2.37. The number of methoxy groups -OCH3 is 3. The van der Waals surface area contributed by atoms with E-state index in [-0.39, 0.29) is 5.82 Å². The molecule has 2 aromatic carbocycles. The molecule has 7 nitrogen and oxygen atoms in total. The van der Waals surface area contributed by atoms with Crippen molar-refractivity contribution < 1.29 is 18.6 Å². The zero-order chi connectivity index (χ0) is 22.2. The lowest BCUT2D eigenvalue weighted by molar-refractivity contribution is 0.324. The minimum absolute atomic E-state index is 0.182. The number of para-hydroxylation sites is 1. The van der Waals surface area contributed by atoms with E-state index >= 15 is 0 Å². The molecule has 0 unspecified atom stereocenters. The van der Waals surface area contributed by atoms with E-state index < -0.39 is 0 Å². The zero-order valence-electron chi connectivity index (χ0n) is 18.7. The number of ether oxygens (including phenoxy) is 3. The van der Waals surface area contributed by atoms with Crippen LogP contribution in [-0.2, 0) is 6.54 Å². The Kier molecular flexibility index (Phi) is 7.81. The molecule has 0 aliphatic carbocycles. The monoisotopic (exact) mass is 430 g/mol. The topological polar surface area (TPSA) is 58.6 Å². The summed E-state index contributed by atoms with van der Waals surface area (Å²) in [5.41, 5.74) is 1.61. The van der Waals surface area contributed by atoms with Crippen LogP contribution in [-0.4, -0.2) is 64.9 Å². The number of nitrogens with zero attached hydrogens (tertiary/aromatic N) is 3. The predicted octanol–water partition coefficient (Wildman–Crippen LogP) is 3.14. The number of aliphatic imine (C=N–C) groups is 1. The molecule has 31 heavy (non-hydrogen) atoms. The number of hydrogen-bond donors (Lipinski definition) is 1. The molecule has 0 saturated carbocycles. The number of guanidine groups is 1. The summed E-state index contributed by atoms with van der Waals surface area (Å²) in [6.45, 7) is 6.26. The van der Waals surface area contributed by atoms with Gasteiger partial charge in [-0.05, 0) is 36.8 Å². The molecule has 1 aliphatic rings. The molecule has 0 spiro atoms. The summed E-state index contributed by atoms with van der Waals surface area (Å²) in [5.74, 6) is 2.43. The first kappa shape index (κ1) is 22.5. The summed E-state index contributed by atoms with van der Waals surface area (Å²) in [6, 6.07) is 10.7. The molecule has 3 rings (SSSR count). The maximum atomic E-state index is 14.1. The van der Waals surface area contributed by atoms with Gasteiger partial charge in [-0.1, -0.05) is 12.1 Å². The number of nitrogens with one attached hydrogen (secondary N) is 1. The highest BCUT2D eigenvalue weighted by atomic mass is 19.1. The van der Waals surface area contributed by atoms with E-state index in [0.717, 1.165) is 44.2 Å². The number of anilines is 1. The SMILES string of the molecule is CCNC(=NCc1cc(OC)c(OC)c(OC)c1)N1CCN(c2ccccc2F)CC1. The van der Waals surface area contributed by atoms with Crippen molar-refractivity contribution in [3.8, 4) is 17.2 Å². The molecule has 0 bridgehead atoms. The van der Waals surface area contributed by atoms with Gasteiger partial charge >= 0.3 is 0 Å². The number of piperazine rings is 1. The van der Waals surface area contributed by atoms with Crippen molar-refractivity contribution in [3.05, 3.63) is 47.8 Å². The van der Waals surface area contributed by atoms with E-state index in [1.807, 2.05) is 31.2 Å². The van der Waals surface area contributed by atoms with Gasteiger partial charge < -0.3 is 29.3 Å². The van der Waals surface area contributed by atoms with E-state index in [1.54, 1.807) is 27.4 Å². The molecule has 1 fully saturated rings. The Morgan fingerprint density at radius 2 is 1.65 bits per heavy atom. The second-order valence-corrected chi connectivity index (χ2v) is 7.13. The molecular weight excluding hydrogens is 399 g/mol. The van der Waals surface area contributed by atoms with E-state index in [0.29, 0.717) is 29.5 Å². The van der Waals surface area contributed by atoms with Gasteiger partial charge in [0.15, 0.2) is 17.5 Å². The van der Waals surface area contributed by atoms with Crippen LogP contribution in [0.5, 0.6) is 17.2 Å². The second-order valence-electron chi connectivity index (χ2n) is 7.13. The van der Waals surface area contributed by atoms with Gasteiger partial charge in [0.25, 0.3) is 0 Å². The van der Waals surface area contributed by atoms with Crippen LogP contribution in [0.15, 0.2) is 41.4 Å². The highest BCUT2D eigenvalue weighted by molar-refractivity contribution is 5.80. The quantitative estimate of drug-likeness (QED) is 0.538. The van der Waals surface area contributed by atoms with Crippen LogP contribution in [0.25, 0.3) is 0 Å². The standard InChI is InChI=1S/C23H31FN4O3/c1-5-25-23(26-16-17-14-20(29-2)22(31-4)21(15-17)30-3)28-12-10-27(11-13-28)19-9-7-6-8-18(19)24/h6-9,14-15H,5,10-13,16H2,1-4H3,(H,25,26). The third-order valence-electron chi connectivity index (χ3n) is 5.24. The Morgan fingerprint density at radius 1 is 1.00 bits per heavy atom. The first-order chi connectivity index (χ1) is 15.1. The van der Waals surface area contributed by atoms with Gasteiger partial charge in [-0.2, -0.15) is 0 Å². The second kappa shape index (κ2) is 10.7. The van der Waals surface area contributed by atoms with Gasteiger partial charge in [0, 0.05) is 32.7 Å². The fourth-order valence-electron chi connectivity index (χ4n) is 3.69. The van der Waals surface area contributed by atoms with Crippen LogP contribution >= 0.6 is 0 Å². The average Bonchev–Trinajstić information content (AvgIpc) is 2.81. The summed E-state index contributed by atoms with van der Waals surface area (Å²) in [5, 5.41) is 3.36. The molecule has 168 valence electrons. The van der Waals surface area contributed by atoms with Crippen LogP contribution in [0.3, 0.4) is 0 Å². The summed E-state index contributed by atoms with van der Waals surface area (Å²) in [7, 11) is 4.79. The predicted molar refractivity (Wildman–Crippen MR) is 121 cm³/mol. The van der Waals surface area contributed by atoms with Gasteiger partial charge in [0.2, 0.25) is 5.75 Å². The fraction of sp³-hybridized carbons (Fsp3) is 0.435. The summed E-state index contributed by atoms with van der Waals surface area (Å²) >= 11 is 0. The molecule has 0 atom stereocenters. The molecule has 1 aliphatic heterocycles. The number of rotatable bonds is 7. The van der Waals surface area contributed by atoms with Crippen LogP contribution in [0.1, 0.15) is 12.5 Å². The van der Waals surface area contributed by atoms with Crippen molar-refractivity contribution in [1.82, 2.24) is 10.2 Å². The largest absolute Gasteiger partial charge is 0.493 e. The molecule has 1 heterocycles. The summed E-state index contributed by atoms with van der Waals surface area (Å²) < 4.78 is 30.4. The van der Waals surface area contributed by atoms with E-state index in [1.165, 1.54) is 6.07 Å². The van der Waals surface area contributed by atoms with Crippen LogP contribution in [0, 0.1) is 5.82 Å². The minimum atomic E-state index is -0.182. The van der Waals surface area contributed by atoms with Crippen molar-refractivity contribution in [3.63, 3.8) is 0 Å². The molecule has 1 saturated heterocycles. The van der Waals surface area contributed by atoms with Gasteiger partial charge in [-0.25, -0.2) is 9.38 Å². The van der Waals surface area contributed by atoms with Crippen molar-refractivity contribution in [2.24, 2.45) is 4.99 Å². The molecule has 0 aromatic heterocycles. The van der Waals surface area contributed by atoms with Crippen molar-refractivity contribution in [1.29, 1.82) is 0 Å². The van der Waals surface area contributed by atoms with Gasteiger partial charge in [-0.15, -0.1) is 0 Å². The Morgan fingerprint density at radius 3 is 2.19 bits per heavy atom. The van der Waals surface area contributed by atoms with E-state index in [2.05, 4.69) is 15.1 Å². The Bertz CT molecular complexity index is 873. The molecular formula is C23H31FN4O3. The molecule has 8 heteroatoms. The highest BCUT2D eigenvalue weighted by Crippen LogP contribution is 2.38. The van der Waals surface area contributed by atoms with Crippen LogP contribution in [0.4, 0.5) is 10.1 Å². The van der Waals surface area contributed by atoms with Gasteiger partial charge in [0.1, 0.15) is 5.82 Å². The number of halogens is 1. The average molecular weight is 431 g/mol. The lowest BCUT2D eigenvalue weighted by atomic mass is 10.2. The third-order valence-corrected chi connectivity index (χ3v) is 5.24. The Hall–Kier alpha value is -3.16. The van der Waals surface area contributed by atoms with E-state index in [4.69, 9.17) is 19.2 Å². The minimum Gasteiger partial charge on any atom is -0.493 e. The lowest BCUT2D eigenvalue weighted by Crippen LogP contribution is -2.52. The van der Waals surface area contributed by atoms with E-state index in [9.17, 15) is 4.39 Å². The number of hydrogen-bond acceptors (Lipinski definition) is 5. The first-order valence-corrected chi connectivity index (χ1v) is 10.4.